The van der Waals surface area contributed by atoms with Gasteiger partial charge in [-0.1, -0.05) is 55.3 Å². The summed E-state index contributed by atoms with van der Waals surface area (Å²) in [5, 5.41) is 11.8. The molecule has 2 heterocycles. The minimum absolute atomic E-state index is 0.296. The quantitative estimate of drug-likeness (QED) is 0.713. The predicted molar refractivity (Wildman–Crippen MR) is 112 cm³/mol. The zero-order chi connectivity index (χ0) is 19.5. The van der Waals surface area contributed by atoms with Crippen LogP contribution in [0.15, 0.2) is 54.6 Å². The molecule has 4 aliphatic rings. The Bertz CT molecular complexity index is 995. The van der Waals surface area contributed by atoms with Crippen LogP contribution >= 0.6 is 0 Å². The molecule has 0 N–H and O–H groups in total. The number of allylic oxidation sites excluding steroid dienone is 2. The van der Waals surface area contributed by atoms with Crippen molar-refractivity contribution in [3.63, 3.8) is 0 Å². The molecule has 0 amide bonds. The fourth-order valence-electron chi connectivity index (χ4n) is 6.74. The van der Waals surface area contributed by atoms with Crippen LogP contribution in [0.2, 0.25) is 0 Å². The Kier molecular flexibility index (Phi) is 3.87. The van der Waals surface area contributed by atoms with Gasteiger partial charge < -0.3 is 14.8 Å². The Morgan fingerprint density at radius 1 is 1.03 bits per heavy atom. The summed E-state index contributed by atoms with van der Waals surface area (Å²) < 4.78 is 0. The van der Waals surface area contributed by atoms with Gasteiger partial charge in [-0.15, -0.1) is 0 Å². The Hall–Kier alpha value is -2.55. The van der Waals surface area contributed by atoms with Crippen LogP contribution in [0.4, 0.5) is 5.69 Å². The first kappa shape index (κ1) is 17.3. The molecule has 0 aromatic heterocycles. The monoisotopic (exact) mass is 384 g/mol. The number of fused-ring (bicyclic) bond motifs is 4. The van der Waals surface area contributed by atoms with E-state index in [1.165, 1.54) is 48.1 Å². The second-order valence-electron chi connectivity index (χ2n) is 9.30. The molecule has 0 spiro atoms. The summed E-state index contributed by atoms with van der Waals surface area (Å²) in [6.45, 7) is 1.10. The van der Waals surface area contributed by atoms with E-state index in [1.807, 2.05) is 12.1 Å². The number of anilines is 1. The molecular formula is C26H26NO2-. The Balaban J connectivity index is 1.60. The minimum atomic E-state index is -1.04. The van der Waals surface area contributed by atoms with E-state index in [9.17, 15) is 9.90 Å². The molecule has 5 atom stereocenters. The molecule has 0 saturated heterocycles. The number of carbonyl (C=O) groups is 1. The largest absolute Gasteiger partial charge is 0.545 e. The topological polar surface area (TPSA) is 43.4 Å². The van der Waals surface area contributed by atoms with Crippen molar-refractivity contribution < 1.29 is 9.90 Å². The SMILES string of the molecule is O=C([O-])c1cc2c3c(c1)[C@H]1CCCC[C@@H]1CN3[C@@H](c1ccccc1)[C@@H]1CC=C[C@H]21. The van der Waals surface area contributed by atoms with Gasteiger partial charge in [0.1, 0.15) is 0 Å². The summed E-state index contributed by atoms with van der Waals surface area (Å²) in [5.41, 5.74) is 5.58. The smallest absolute Gasteiger partial charge is 0.0715 e. The van der Waals surface area contributed by atoms with Crippen molar-refractivity contribution in [2.24, 2.45) is 11.8 Å². The number of carboxylic acids is 1. The number of carboxylic acid groups (broad SMARTS) is 1. The van der Waals surface area contributed by atoms with Crippen molar-refractivity contribution in [2.75, 3.05) is 11.4 Å². The van der Waals surface area contributed by atoms with Gasteiger partial charge >= 0.3 is 0 Å². The van der Waals surface area contributed by atoms with E-state index in [1.54, 1.807) is 0 Å². The maximum absolute atomic E-state index is 11.8. The van der Waals surface area contributed by atoms with Crippen LogP contribution in [0.3, 0.4) is 0 Å². The van der Waals surface area contributed by atoms with Gasteiger partial charge in [0, 0.05) is 18.2 Å². The molecular weight excluding hydrogens is 358 g/mol. The van der Waals surface area contributed by atoms with Gasteiger partial charge in [0.25, 0.3) is 0 Å². The molecule has 2 aliphatic carbocycles. The molecule has 2 aliphatic heterocycles. The highest BCUT2D eigenvalue weighted by Crippen LogP contribution is 2.59. The van der Waals surface area contributed by atoms with Gasteiger partial charge in [-0.2, -0.15) is 0 Å². The van der Waals surface area contributed by atoms with E-state index in [-0.39, 0.29) is 0 Å². The average Bonchev–Trinajstić information content (AvgIpc) is 3.24. The van der Waals surface area contributed by atoms with Crippen LogP contribution in [-0.2, 0) is 0 Å². The number of carbonyl (C=O) groups excluding carboxylic acids is 1. The number of hydrogen-bond acceptors (Lipinski definition) is 3. The second kappa shape index (κ2) is 6.48. The Morgan fingerprint density at radius 2 is 1.83 bits per heavy atom. The van der Waals surface area contributed by atoms with Crippen LogP contribution in [-0.4, -0.2) is 12.5 Å². The molecule has 2 aromatic carbocycles. The molecule has 0 bridgehead atoms. The molecule has 3 heteroatoms. The second-order valence-corrected chi connectivity index (χ2v) is 9.30. The molecule has 0 unspecified atom stereocenters. The highest BCUT2D eigenvalue weighted by molar-refractivity contribution is 5.88. The molecule has 2 aromatic rings. The summed E-state index contributed by atoms with van der Waals surface area (Å²) in [7, 11) is 0. The van der Waals surface area contributed by atoms with Crippen molar-refractivity contribution >= 4 is 11.7 Å². The van der Waals surface area contributed by atoms with Crippen LogP contribution < -0.4 is 10.0 Å². The average molecular weight is 384 g/mol. The van der Waals surface area contributed by atoms with Crippen molar-refractivity contribution in [2.45, 2.75) is 50.0 Å². The van der Waals surface area contributed by atoms with Gasteiger partial charge in [-0.05, 0) is 71.4 Å². The van der Waals surface area contributed by atoms with E-state index < -0.39 is 5.97 Å². The number of benzene rings is 2. The number of rotatable bonds is 2. The predicted octanol–water partition coefficient (Wildman–Crippen LogP) is 4.56. The molecule has 0 radical (unpaired) electrons. The third-order valence-electron chi connectivity index (χ3n) is 7.89. The summed E-state index contributed by atoms with van der Waals surface area (Å²) in [4.78, 5) is 14.5. The van der Waals surface area contributed by atoms with Crippen LogP contribution in [0.1, 0.15) is 77.0 Å². The minimum Gasteiger partial charge on any atom is -0.545 e. The zero-order valence-corrected chi connectivity index (χ0v) is 16.6. The molecule has 29 heavy (non-hydrogen) atoms. The first-order valence-electron chi connectivity index (χ1n) is 11.1. The first-order chi connectivity index (χ1) is 14.2. The van der Waals surface area contributed by atoms with Crippen molar-refractivity contribution in [1.82, 2.24) is 0 Å². The summed E-state index contributed by atoms with van der Waals surface area (Å²) in [6, 6.07) is 15.2. The van der Waals surface area contributed by atoms with Crippen LogP contribution in [0.5, 0.6) is 0 Å². The van der Waals surface area contributed by atoms with E-state index in [0.29, 0.717) is 35.3 Å². The molecule has 1 saturated carbocycles. The molecule has 148 valence electrons. The molecule has 3 nitrogen and oxygen atoms in total. The fourth-order valence-corrected chi connectivity index (χ4v) is 6.74. The van der Waals surface area contributed by atoms with E-state index in [4.69, 9.17) is 0 Å². The molecule has 6 rings (SSSR count). The number of nitrogens with zero attached hydrogens (tertiary/aromatic N) is 1. The van der Waals surface area contributed by atoms with Crippen LogP contribution in [0, 0.1) is 11.8 Å². The van der Waals surface area contributed by atoms with E-state index in [0.717, 1.165) is 13.0 Å². The zero-order valence-electron chi connectivity index (χ0n) is 16.6. The highest BCUT2D eigenvalue weighted by Gasteiger charge is 2.47. The number of aromatic carboxylic acids is 1. The van der Waals surface area contributed by atoms with Crippen molar-refractivity contribution in [3.05, 3.63) is 76.9 Å². The third kappa shape index (κ3) is 2.52. The maximum atomic E-state index is 11.8. The van der Waals surface area contributed by atoms with Crippen molar-refractivity contribution in [1.29, 1.82) is 0 Å². The summed E-state index contributed by atoms with van der Waals surface area (Å²) in [6.07, 6.45) is 10.6. The van der Waals surface area contributed by atoms with Gasteiger partial charge in [-0.3, -0.25) is 0 Å². The van der Waals surface area contributed by atoms with Gasteiger partial charge in [0.2, 0.25) is 0 Å². The van der Waals surface area contributed by atoms with Gasteiger partial charge in [-0.25, -0.2) is 0 Å². The van der Waals surface area contributed by atoms with Crippen LogP contribution in [0.25, 0.3) is 0 Å². The Morgan fingerprint density at radius 3 is 2.66 bits per heavy atom. The number of hydrogen-bond donors (Lipinski definition) is 0. The van der Waals surface area contributed by atoms with Gasteiger partial charge in [0.15, 0.2) is 0 Å². The summed E-state index contributed by atoms with van der Waals surface area (Å²) in [5.74, 6) is 0.835. The highest BCUT2D eigenvalue weighted by atomic mass is 16.4. The molecule has 1 fully saturated rings. The normalized spacial score (nSPS) is 31.7. The van der Waals surface area contributed by atoms with Gasteiger partial charge in [0.05, 0.1) is 12.0 Å². The lowest BCUT2D eigenvalue weighted by atomic mass is 9.66. The first-order valence-corrected chi connectivity index (χ1v) is 11.1. The lowest BCUT2D eigenvalue weighted by molar-refractivity contribution is -0.255. The summed E-state index contributed by atoms with van der Waals surface area (Å²) >= 11 is 0. The lowest BCUT2D eigenvalue weighted by Gasteiger charge is -2.53. The van der Waals surface area contributed by atoms with E-state index in [2.05, 4.69) is 47.4 Å². The lowest BCUT2D eigenvalue weighted by Crippen LogP contribution is -2.47. The van der Waals surface area contributed by atoms with Crippen molar-refractivity contribution in [3.8, 4) is 0 Å². The maximum Gasteiger partial charge on any atom is 0.0715 e. The Labute approximate surface area is 172 Å². The standard InChI is InChI=1S/C26H27NO2/c28-26(29)18-13-22-19-10-5-4-9-17(19)15-27-24(16-7-2-1-3-8-16)21-12-6-11-20(21)23(14-18)25(22)27/h1-3,6-8,11,13-14,17,19-21,24H,4-5,9-10,12,15H2,(H,28,29)/p-1/t17-,19+,20+,21-,24+/m1/s1. The third-order valence-corrected chi connectivity index (χ3v) is 7.89. The fraction of sp³-hybridized carbons (Fsp3) is 0.423. The van der Waals surface area contributed by atoms with E-state index >= 15 is 0 Å².